The van der Waals surface area contributed by atoms with Gasteiger partial charge in [0.2, 0.25) is 0 Å². The molecule has 0 aliphatic rings. The van der Waals surface area contributed by atoms with Crippen molar-refractivity contribution in [2.75, 3.05) is 0 Å². The van der Waals surface area contributed by atoms with Crippen molar-refractivity contribution in [3.8, 4) is 0 Å². The maximum Gasteiger partial charge on any atom is 0.0563 e. The molecule has 0 saturated heterocycles. The molecule has 13 heavy (non-hydrogen) atoms. The Morgan fingerprint density at radius 2 is 1.62 bits per heavy atom. The molecule has 0 rings (SSSR count). The topological polar surface area (TPSA) is 20.2 Å². The van der Waals surface area contributed by atoms with Gasteiger partial charge in [-0.1, -0.05) is 41.5 Å². The lowest BCUT2D eigenvalue weighted by molar-refractivity contribution is 0.0708. The van der Waals surface area contributed by atoms with E-state index in [0.29, 0.717) is 17.3 Å². The van der Waals surface area contributed by atoms with Crippen LogP contribution in [-0.2, 0) is 0 Å². The Hall–Kier alpha value is -0.0400. The van der Waals surface area contributed by atoms with Crippen LogP contribution in [0.2, 0.25) is 0 Å². The zero-order valence-electron chi connectivity index (χ0n) is 10.1. The quantitative estimate of drug-likeness (QED) is 0.697. The second-order valence-corrected chi connectivity index (χ2v) is 5.30. The van der Waals surface area contributed by atoms with Gasteiger partial charge in [-0.25, -0.2) is 0 Å². The van der Waals surface area contributed by atoms with Gasteiger partial charge in [0.1, 0.15) is 0 Å². The Morgan fingerprint density at radius 1 is 1.15 bits per heavy atom. The molecule has 0 fully saturated rings. The summed E-state index contributed by atoms with van der Waals surface area (Å²) >= 11 is 0. The van der Waals surface area contributed by atoms with Crippen molar-refractivity contribution < 1.29 is 5.11 Å². The first-order valence-electron chi connectivity index (χ1n) is 5.49. The summed E-state index contributed by atoms with van der Waals surface area (Å²) in [4.78, 5) is 0. The van der Waals surface area contributed by atoms with Gasteiger partial charge in [0, 0.05) is 0 Å². The molecule has 1 N–H and O–H groups in total. The Bertz CT molecular complexity index is 138. The van der Waals surface area contributed by atoms with E-state index in [1.165, 1.54) is 0 Å². The Balaban J connectivity index is 4.11. The Morgan fingerprint density at radius 3 is 1.92 bits per heavy atom. The van der Waals surface area contributed by atoms with Crippen LogP contribution in [0.3, 0.4) is 0 Å². The lowest BCUT2D eigenvalue weighted by atomic mass is 9.73. The minimum Gasteiger partial charge on any atom is -0.393 e. The molecule has 0 aliphatic carbocycles. The monoisotopic (exact) mass is 186 g/mol. The molecule has 1 heteroatoms. The Labute approximate surface area is 83.5 Å². The van der Waals surface area contributed by atoms with Crippen molar-refractivity contribution in [3.63, 3.8) is 0 Å². The van der Waals surface area contributed by atoms with E-state index in [1.807, 2.05) is 6.92 Å². The van der Waals surface area contributed by atoms with Gasteiger partial charge < -0.3 is 5.11 Å². The fourth-order valence-electron chi connectivity index (χ4n) is 1.60. The van der Waals surface area contributed by atoms with E-state index in [2.05, 4.69) is 34.6 Å². The van der Waals surface area contributed by atoms with Crippen molar-refractivity contribution in [1.29, 1.82) is 0 Å². The first-order valence-corrected chi connectivity index (χ1v) is 5.49. The third-order valence-electron chi connectivity index (χ3n) is 3.49. The number of aliphatic hydroxyl groups is 1. The minimum absolute atomic E-state index is 0.127. The summed E-state index contributed by atoms with van der Waals surface area (Å²) in [5, 5.41) is 9.67. The van der Waals surface area contributed by atoms with Gasteiger partial charge >= 0.3 is 0 Å². The molecule has 0 amide bonds. The summed E-state index contributed by atoms with van der Waals surface area (Å²) in [6, 6.07) is 0. The van der Waals surface area contributed by atoms with Crippen molar-refractivity contribution in [1.82, 2.24) is 0 Å². The van der Waals surface area contributed by atoms with E-state index < -0.39 is 0 Å². The van der Waals surface area contributed by atoms with Crippen LogP contribution >= 0.6 is 0 Å². The molecule has 0 aliphatic heterocycles. The van der Waals surface area contributed by atoms with Crippen LogP contribution in [-0.4, -0.2) is 11.2 Å². The molecule has 0 bridgehead atoms. The van der Waals surface area contributed by atoms with Crippen LogP contribution in [0.4, 0.5) is 0 Å². The first-order chi connectivity index (χ1) is 5.81. The average Bonchev–Trinajstić information content (AvgIpc) is 2.01. The number of rotatable bonds is 5. The molecule has 80 valence electrons. The molecular weight excluding hydrogens is 160 g/mol. The minimum atomic E-state index is -0.127. The second kappa shape index (κ2) is 4.99. The van der Waals surface area contributed by atoms with Crippen LogP contribution < -0.4 is 0 Å². The highest BCUT2D eigenvalue weighted by molar-refractivity contribution is 4.77. The van der Waals surface area contributed by atoms with Gasteiger partial charge in [0.25, 0.3) is 0 Å². The third-order valence-corrected chi connectivity index (χ3v) is 3.49. The summed E-state index contributed by atoms with van der Waals surface area (Å²) < 4.78 is 0. The van der Waals surface area contributed by atoms with Crippen LogP contribution in [0, 0.1) is 17.3 Å². The molecule has 0 saturated carbocycles. The van der Waals surface area contributed by atoms with Gasteiger partial charge in [0.05, 0.1) is 6.10 Å². The van der Waals surface area contributed by atoms with E-state index in [0.717, 1.165) is 12.8 Å². The SMILES string of the molecule is CCC(O)C(C)CC(C)(C)C(C)C. The molecule has 0 radical (unpaired) electrons. The van der Waals surface area contributed by atoms with Crippen molar-refractivity contribution in [2.24, 2.45) is 17.3 Å². The highest BCUT2D eigenvalue weighted by Crippen LogP contribution is 2.34. The molecule has 0 aromatic heterocycles. The molecule has 0 aromatic rings. The molecule has 1 nitrogen and oxygen atoms in total. The van der Waals surface area contributed by atoms with Gasteiger partial charge in [-0.2, -0.15) is 0 Å². The molecule has 2 unspecified atom stereocenters. The van der Waals surface area contributed by atoms with Crippen LogP contribution in [0.5, 0.6) is 0 Å². The van der Waals surface area contributed by atoms with E-state index >= 15 is 0 Å². The highest BCUT2D eigenvalue weighted by atomic mass is 16.3. The maximum absolute atomic E-state index is 9.67. The number of hydrogen-bond donors (Lipinski definition) is 1. The number of hydrogen-bond acceptors (Lipinski definition) is 1. The lowest BCUT2D eigenvalue weighted by Gasteiger charge is -2.33. The van der Waals surface area contributed by atoms with Gasteiger partial charge in [0.15, 0.2) is 0 Å². The normalized spacial score (nSPS) is 17.5. The van der Waals surface area contributed by atoms with Crippen LogP contribution in [0.25, 0.3) is 0 Å². The first kappa shape index (κ1) is 13.0. The van der Waals surface area contributed by atoms with Crippen molar-refractivity contribution in [3.05, 3.63) is 0 Å². The van der Waals surface area contributed by atoms with Gasteiger partial charge in [-0.3, -0.25) is 0 Å². The molecule has 2 atom stereocenters. The average molecular weight is 186 g/mol. The van der Waals surface area contributed by atoms with E-state index in [-0.39, 0.29) is 6.10 Å². The summed E-state index contributed by atoms with van der Waals surface area (Å²) in [6.45, 7) is 13.3. The van der Waals surface area contributed by atoms with E-state index in [4.69, 9.17) is 0 Å². The second-order valence-electron chi connectivity index (χ2n) is 5.30. The molecule has 0 spiro atoms. The van der Waals surface area contributed by atoms with Crippen molar-refractivity contribution >= 4 is 0 Å². The zero-order chi connectivity index (χ0) is 10.6. The molecule has 0 heterocycles. The van der Waals surface area contributed by atoms with Gasteiger partial charge in [-0.15, -0.1) is 0 Å². The smallest absolute Gasteiger partial charge is 0.0563 e. The third kappa shape index (κ3) is 4.12. The summed E-state index contributed by atoms with van der Waals surface area (Å²) in [7, 11) is 0. The fourth-order valence-corrected chi connectivity index (χ4v) is 1.60. The highest BCUT2D eigenvalue weighted by Gasteiger charge is 2.27. The largest absolute Gasteiger partial charge is 0.393 e. The molecule has 0 aromatic carbocycles. The fraction of sp³-hybridized carbons (Fsp3) is 1.00. The summed E-state index contributed by atoms with van der Waals surface area (Å²) in [6.07, 6.45) is 1.85. The predicted octanol–water partition coefficient (Wildman–Crippen LogP) is 3.47. The molecular formula is C12H26O. The Kier molecular flexibility index (Phi) is 4.98. The van der Waals surface area contributed by atoms with Crippen molar-refractivity contribution in [2.45, 2.75) is 60.5 Å². The standard InChI is InChI=1S/C12H26O/c1-7-11(13)10(4)8-12(5,6)9(2)3/h9-11,13H,7-8H2,1-6H3. The van der Waals surface area contributed by atoms with E-state index in [9.17, 15) is 5.11 Å². The van der Waals surface area contributed by atoms with Crippen LogP contribution in [0.15, 0.2) is 0 Å². The zero-order valence-corrected chi connectivity index (χ0v) is 10.1. The lowest BCUT2D eigenvalue weighted by Crippen LogP contribution is -2.27. The van der Waals surface area contributed by atoms with Gasteiger partial charge in [-0.05, 0) is 30.1 Å². The predicted molar refractivity (Wildman–Crippen MR) is 58.7 cm³/mol. The summed E-state index contributed by atoms with van der Waals surface area (Å²) in [5.74, 6) is 1.10. The van der Waals surface area contributed by atoms with E-state index in [1.54, 1.807) is 0 Å². The van der Waals surface area contributed by atoms with Crippen LogP contribution in [0.1, 0.15) is 54.4 Å². The maximum atomic E-state index is 9.67. The number of aliphatic hydroxyl groups excluding tert-OH is 1. The summed E-state index contributed by atoms with van der Waals surface area (Å²) in [5.41, 5.74) is 0.343.